The van der Waals surface area contributed by atoms with Crippen LogP contribution in [0.2, 0.25) is 0 Å². The maximum Gasteiger partial charge on any atom is 0.433 e. The number of nitrogens with zero attached hydrogens (tertiary/aromatic N) is 2. The molecular weight excluding hydrogens is 359 g/mol. The number of alkyl halides is 3. The van der Waals surface area contributed by atoms with Crippen LogP contribution in [0.25, 0.3) is 0 Å². The average molecular weight is 377 g/mol. The molecule has 1 aliphatic heterocycles. The third-order valence-electron chi connectivity index (χ3n) is 4.55. The number of hydrogen-bond acceptors (Lipinski definition) is 4. The van der Waals surface area contributed by atoms with E-state index in [1.165, 1.54) is 12.1 Å². The standard InChI is InChI=1S/C19H18F3N3O2/c20-19(21,22)16-2-1-3-17(23-16)24-18(27)14-8-10-25(11-9-14)15-6-4-13(12-26)5-7-15/h1-7,12,14H,8-11H2,(H,23,24,27). The molecule has 0 spiro atoms. The summed E-state index contributed by atoms with van der Waals surface area (Å²) in [5.74, 6) is -0.702. The Morgan fingerprint density at radius 3 is 2.37 bits per heavy atom. The van der Waals surface area contributed by atoms with E-state index in [1.54, 1.807) is 12.1 Å². The second-order valence-corrected chi connectivity index (χ2v) is 6.37. The molecule has 1 aliphatic rings. The first-order chi connectivity index (χ1) is 12.9. The zero-order valence-electron chi connectivity index (χ0n) is 14.4. The lowest BCUT2D eigenvalue weighted by molar-refractivity contribution is -0.141. The molecule has 27 heavy (non-hydrogen) atoms. The van der Waals surface area contributed by atoms with E-state index in [4.69, 9.17) is 0 Å². The summed E-state index contributed by atoms with van der Waals surface area (Å²) in [4.78, 5) is 28.7. The summed E-state index contributed by atoms with van der Waals surface area (Å²) < 4.78 is 38.1. The highest BCUT2D eigenvalue weighted by Gasteiger charge is 2.33. The normalized spacial score (nSPS) is 15.4. The number of nitrogens with one attached hydrogen (secondary N) is 1. The molecule has 1 aromatic heterocycles. The minimum Gasteiger partial charge on any atom is -0.371 e. The summed E-state index contributed by atoms with van der Waals surface area (Å²) in [6, 6.07) is 10.6. The molecule has 0 saturated carbocycles. The number of aldehydes is 1. The Hall–Kier alpha value is -2.90. The third kappa shape index (κ3) is 4.64. The van der Waals surface area contributed by atoms with Crippen molar-refractivity contribution >= 4 is 23.7 Å². The molecule has 0 atom stereocenters. The van der Waals surface area contributed by atoms with Gasteiger partial charge in [-0.3, -0.25) is 9.59 Å². The second kappa shape index (κ2) is 7.77. The molecular formula is C19H18F3N3O2. The van der Waals surface area contributed by atoms with Crippen LogP contribution in [-0.4, -0.2) is 30.3 Å². The van der Waals surface area contributed by atoms with Crippen LogP contribution < -0.4 is 10.2 Å². The number of anilines is 2. The van der Waals surface area contributed by atoms with Crippen molar-refractivity contribution in [3.8, 4) is 0 Å². The Labute approximate surface area is 154 Å². The Morgan fingerprint density at radius 2 is 1.78 bits per heavy atom. The smallest absolute Gasteiger partial charge is 0.371 e. The molecule has 0 aliphatic carbocycles. The zero-order valence-corrected chi connectivity index (χ0v) is 14.4. The number of rotatable bonds is 4. The summed E-state index contributed by atoms with van der Waals surface area (Å²) in [6.07, 6.45) is -2.60. The monoisotopic (exact) mass is 377 g/mol. The van der Waals surface area contributed by atoms with E-state index < -0.39 is 11.9 Å². The number of hydrogen-bond donors (Lipinski definition) is 1. The fourth-order valence-electron chi connectivity index (χ4n) is 3.05. The molecule has 1 N–H and O–H groups in total. The quantitative estimate of drug-likeness (QED) is 0.824. The van der Waals surface area contributed by atoms with Gasteiger partial charge in [0, 0.05) is 30.3 Å². The topological polar surface area (TPSA) is 62.3 Å². The highest BCUT2D eigenvalue weighted by atomic mass is 19.4. The van der Waals surface area contributed by atoms with Gasteiger partial charge in [0.05, 0.1) is 0 Å². The van der Waals surface area contributed by atoms with Crippen LogP contribution in [0.3, 0.4) is 0 Å². The molecule has 1 saturated heterocycles. The average Bonchev–Trinajstić information content (AvgIpc) is 2.68. The molecule has 142 valence electrons. The number of carbonyl (C=O) groups excluding carboxylic acids is 2. The van der Waals surface area contributed by atoms with Crippen LogP contribution in [0.1, 0.15) is 28.9 Å². The first-order valence-electron chi connectivity index (χ1n) is 8.52. The number of aromatic nitrogens is 1. The van der Waals surface area contributed by atoms with Crippen molar-refractivity contribution in [1.82, 2.24) is 4.98 Å². The molecule has 0 unspecified atom stereocenters. The molecule has 0 bridgehead atoms. The van der Waals surface area contributed by atoms with Gasteiger partial charge in [-0.25, -0.2) is 4.98 Å². The van der Waals surface area contributed by atoms with Crippen LogP contribution in [0.4, 0.5) is 24.7 Å². The maximum absolute atomic E-state index is 12.7. The first-order valence-corrected chi connectivity index (χ1v) is 8.52. The Morgan fingerprint density at radius 1 is 1.11 bits per heavy atom. The fourth-order valence-corrected chi connectivity index (χ4v) is 3.05. The van der Waals surface area contributed by atoms with Gasteiger partial charge in [0.2, 0.25) is 5.91 Å². The van der Waals surface area contributed by atoms with Gasteiger partial charge in [-0.05, 0) is 49.2 Å². The van der Waals surface area contributed by atoms with Gasteiger partial charge in [-0.1, -0.05) is 6.07 Å². The number of benzene rings is 1. The van der Waals surface area contributed by atoms with E-state index in [2.05, 4.69) is 15.2 Å². The summed E-state index contributed by atoms with van der Waals surface area (Å²) >= 11 is 0. The second-order valence-electron chi connectivity index (χ2n) is 6.37. The van der Waals surface area contributed by atoms with Gasteiger partial charge < -0.3 is 10.2 Å². The van der Waals surface area contributed by atoms with Crippen molar-refractivity contribution in [1.29, 1.82) is 0 Å². The first kappa shape index (κ1) is 18.9. The lowest BCUT2D eigenvalue weighted by Gasteiger charge is -2.33. The number of carbonyl (C=O) groups is 2. The van der Waals surface area contributed by atoms with Crippen molar-refractivity contribution in [2.24, 2.45) is 5.92 Å². The SMILES string of the molecule is O=Cc1ccc(N2CCC(C(=O)Nc3cccc(C(F)(F)F)n3)CC2)cc1. The van der Waals surface area contributed by atoms with Crippen molar-refractivity contribution < 1.29 is 22.8 Å². The van der Waals surface area contributed by atoms with Crippen LogP contribution >= 0.6 is 0 Å². The van der Waals surface area contributed by atoms with Gasteiger partial charge in [-0.2, -0.15) is 13.2 Å². The Bertz CT molecular complexity index is 814. The van der Waals surface area contributed by atoms with Crippen LogP contribution in [0.15, 0.2) is 42.5 Å². The Kier molecular flexibility index (Phi) is 5.43. The molecule has 0 radical (unpaired) electrons. The summed E-state index contributed by atoms with van der Waals surface area (Å²) in [7, 11) is 0. The minimum atomic E-state index is -4.55. The molecule has 1 aromatic carbocycles. The van der Waals surface area contributed by atoms with Crippen molar-refractivity contribution in [3.05, 3.63) is 53.7 Å². The van der Waals surface area contributed by atoms with E-state index >= 15 is 0 Å². The Balaban J connectivity index is 1.57. The van der Waals surface area contributed by atoms with E-state index in [0.717, 1.165) is 18.0 Å². The highest BCUT2D eigenvalue weighted by Crippen LogP contribution is 2.29. The van der Waals surface area contributed by atoms with Crippen LogP contribution in [-0.2, 0) is 11.0 Å². The summed E-state index contributed by atoms with van der Waals surface area (Å²) in [6.45, 7) is 1.29. The molecule has 3 rings (SSSR count). The van der Waals surface area contributed by atoms with E-state index in [1.807, 2.05) is 12.1 Å². The van der Waals surface area contributed by atoms with Gasteiger partial charge >= 0.3 is 6.18 Å². The molecule has 1 fully saturated rings. The number of piperidine rings is 1. The highest BCUT2D eigenvalue weighted by molar-refractivity contribution is 5.91. The lowest BCUT2D eigenvalue weighted by Crippen LogP contribution is -2.38. The van der Waals surface area contributed by atoms with E-state index in [9.17, 15) is 22.8 Å². The molecule has 2 heterocycles. The summed E-state index contributed by atoms with van der Waals surface area (Å²) in [5.41, 5.74) is 0.537. The van der Waals surface area contributed by atoms with Gasteiger partial charge in [0.1, 0.15) is 17.8 Å². The van der Waals surface area contributed by atoms with Gasteiger partial charge in [-0.15, -0.1) is 0 Å². The van der Waals surface area contributed by atoms with Crippen LogP contribution in [0.5, 0.6) is 0 Å². The van der Waals surface area contributed by atoms with Gasteiger partial charge in [0.25, 0.3) is 0 Å². The molecule has 2 aromatic rings. The van der Waals surface area contributed by atoms with Crippen molar-refractivity contribution in [2.75, 3.05) is 23.3 Å². The minimum absolute atomic E-state index is 0.0956. The predicted molar refractivity (Wildman–Crippen MR) is 94.6 cm³/mol. The molecule has 8 heteroatoms. The van der Waals surface area contributed by atoms with Gasteiger partial charge in [0.15, 0.2) is 0 Å². The lowest BCUT2D eigenvalue weighted by atomic mass is 9.95. The number of amides is 1. The fraction of sp³-hybridized carbons (Fsp3) is 0.316. The number of pyridine rings is 1. The molecule has 5 nitrogen and oxygen atoms in total. The predicted octanol–water partition coefficient (Wildman–Crippen LogP) is 3.77. The van der Waals surface area contributed by atoms with Crippen molar-refractivity contribution in [2.45, 2.75) is 19.0 Å². The third-order valence-corrected chi connectivity index (χ3v) is 4.55. The summed E-state index contributed by atoms with van der Waals surface area (Å²) in [5, 5.41) is 2.49. The van der Waals surface area contributed by atoms with Crippen molar-refractivity contribution in [3.63, 3.8) is 0 Å². The van der Waals surface area contributed by atoms with E-state index in [0.29, 0.717) is 31.5 Å². The van der Waals surface area contributed by atoms with Crippen LogP contribution in [0, 0.1) is 5.92 Å². The zero-order chi connectivity index (χ0) is 19.4. The molecule has 1 amide bonds. The largest absolute Gasteiger partial charge is 0.433 e. The van der Waals surface area contributed by atoms with E-state index in [-0.39, 0.29) is 17.6 Å². The number of halogens is 3. The maximum atomic E-state index is 12.7.